The third kappa shape index (κ3) is 7.00. The van der Waals surface area contributed by atoms with Crippen LogP contribution in [0.1, 0.15) is 0 Å². The van der Waals surface area contributed by atoms with Crippen molar-refractivity contribution in [2.75, 3.05) is 37.8 Å². The predicted molar refractivity (Wildman–Crippen MR) is 118 cm³/mol. The summed E-state index contributed by atoms with van der Waals surface area (Å²) in [5.74, 6) is -0.981. The van der Waals surface area contributed by atoms with Gasteiger partial charge in [-0.3, -0.25) is 10.1 Å². The molecule has 3 rings (SSSR count). The molecule has 0 radical (unpaired) electrons. The number of nitrogens with zero attached hydrogens (tertiary/aromatic N) is 4. The van der Waals surface area contributed by atoms with E-state index in [0.717, 1.165) is 24.3 Å². The predicted octanol–water partition coefficient (Wildman–Crippen LogP) is 4.81. The van der Waals surface area contributed by atoms with Crippen LogP contribution in [0.2, 0.25) is 0 Å². The molecular weight excluding hydrogens is 460 g/mol. The first-order valence-electron chi connectivity index (χ1n) is 9.85. The highest BCUT2D eigenvalue weighted by atomic mass is 19.4. The Morgan fingerprint density at radius 3 is 2.56 bits per heavy atom. The Morgan fingerprint density at radius 1 is 1.12 bits per heavy atom. The van der Waals surface area contributed by atoms with Crippen LogP contribution in [-0.2, 0) is 0 Å². The number of halogens is 4. The minimum Gasteiger partial charge on any atom is -0.406 e. The Bertz CT molecular complexity index is 1170. The van der Waals surface area contributed by atoms with Gasteiger partial charge in [0, 0.05) is 24.7 Å². The summed E-state index contributed by atoms with van der Waals surface area (Å²) >= 11 is 0. The maximum Gasteiger partial charge on any atom is 0.573 e. The smallest absolute Gasteiger partial charge is 0.406 e. The van der Waals surface area contributed by atoms with Crippen molar-refractivity contribution in [3.63, 3.8) is 0 Å². The lowest BCUT2D eigenvalue weighted by Gasteiger charge is -2.14. The summed E-state index contributed by atoms with van der Waals surface area (Å²) in [5.41, 5.74) is -0.0222. The largest absolute Gasteiger partial charge is 0.573 e. The number of nitro groups is 1. The molecule has 0 fully saturated rings. The summed E-state index contributed by atoms with van der Waals surface area (Å²) in [5, 5.41) is 17.1. The highest BCUT2D eigenvalue weighted by Crippen LogP contribution is 2.31. The van der Waals surface area contributed by atoms with E-state index < -0.39 is 28.5 Å². The van der Waals surface area contributed by atoms with Crippen LogP contribution in [0.5, 0.6) is 5.75 Å². The number of likely N-dealkylation sites (N-methyl/N-ethyl adjacent to an activating group) is 1. The average molecular weight is 480 g/mol. The maximum absolute atomic E-state index is 13.5. The molecule has 0 saturated carbocycles. The molecule has 0 bridgehead atoms. The quantitative estimate of drug-likeness (QED) is 0.256. The lowest BCUT2D eigenvalue weighted by molar-refractivity contribution is -0.384. The Labute approximate surface area is 191 Å². The van der Waals surface area contributed by atoms with E-state index in [2.05, 4.69) is 25.3 Å². The first-order valence-corrected chi connectivity index (χ1v) is 9.85. The first-order chi connectivity index (χ1) is 16.0. The van der Waals surface area contributed by atoms with E-state index in [1.165, 1.54) is 24.3 Å². The van der Waals surface area contributed by atoms with Crippen LogP contribution < -0.4 is 15.4 Å². The summed E-state index contributed by atoms with van der Waals surface area (Å²) in [4.78, 5) is 21.1. The number of rotatable bonds is 9. The molecule has 34 heavy (non-hydrogen) atoms. The standard InChI is InChI=1S/C21H20F4N6O3/c1-30(2)9-8-26-20-28-17(13-4-3-5-15(10-13)34-21(23,24)25)12-19(29-20)27-16-7-6-14(22)11-18(16)31(32)33/h3-7,10-12H,8-9H2,1-2H3,(H2,26,27,28,29). The zero-order chi connectivity index (χ0) is 24.9. The number of nitrogens with one attached hydrogen (secondary N) is 2. The second kappa shape index (κ2) is 10.3. The molecule has 0 unspecified atom stereocenters. The van der Waals surface area contributed by atoms with E-state index >= 15 is 0 Å². The number of hydrogen-bond acceptors (Lipinski definition) is 8. The third-order valence-electron chi connectivity index (χ3n) is 4.35. The van der Waals surface area contributed by atoms with Crippen molar-refractivity contribution in [3.05, 3.63) is 64.5 Å². The molecule has 3 aromatic rings. The minimum atomic E-state index is -4.86. The SMILES string of the molecule is CN(C)CCNc1nc(Nc2ccc(F)cc2[N+](=O)[O-])cc(-c2cccc(OC(F)(F)F)c2)n1. The van der Waals surface area contributed by atoms with E-state index in [0.29, 0.717) is 13.1 Å². The van der Waals surface area contributed by atoms with Gasteiger partial charge in [-0.2, -0.15) is 4.98 Å². The first kappa shape index (κ1) is 24.6. The van der Waals surface area contributed by atoms with Crippen molar-refractivity contribution in [3.8, 4) is 17.0 Å². The van der Waals surface area contributed by atoms with Gasteiger partial charge < -0.3 is 20.3 Å². The number of nitro benzene ring substituents is 1. The molecule has 0 aliphatic heterocycles. The Morgan fingerprint density at radius 2 is 1.88 bits per heavy atom. The van der Waals surface area contributed by atoms with Crippen LogP contribution in [0, 0.1) is 15.9 Å². The number of ether oxygens (including phenoxy) is 1. The molecule has 0 atom stereocenters. The molecule has 13 heteroatoms. The number of benzene rings is 2. The second-order valence-electron chi connectivity index (χ2n) is 7.31. The van der Waals surface area contributed by atoms with Gasteiger partial charge in [-0.1, -0.05) is 12.1 Å². The summed E-state index contributed by atoms with van der Waals surface area (Å²) in [6.45, 7) is 1.08. The molecule has 0 saturated heterocycles. The van der Waals surface area contributed by atoms with Crippen molar-refractivity contribution < 1.29 is 27.2 Å². The van der Waals surface area contributed by atoms with Gasteiger partial charge in [-0.15, -0.1) is 13.2 Å². The van der Waals surface area contributed by atoms with Crippen molar-refractivity contribution in [1.82, 2.24) is 14.9 Å². The van der Waals surface area contributed by atoms with E-state index in [1.807, 2.05) is 19.0 Å². The minimum absolute atomic E-state index is 0.0237. The molecule has 9 nitrogen and oxygen atoms in total. The Kier molecular flexibility index (Phi) is 7.46. The Balaban J connectivity index is 2.00. The number of aromatic nitrogens is 2. The molecule has 0 amide bonds. The molecule has 2 aromatic carbocycles. The van der Waals surface area contributed by atoms with Gasteiger partial charge in [0.15, 0.2) is 0 Å². The fourth-order valence-corrected chi connectivity index (χ4v) is 2.88. The number of hydrogen-bond donors (Lipinski definition) is 2. The molecule has 180 valence electrons. The second-order valence-corrected chi connectivity index (χ2v) is 7.31. The fourth-order valence-electron chi connectivity index (χ4n) is 2.88. The molecule has 0 aliphatic rings. The van der Waals surface area contributed by atoms with Crippen molar-refractivity contribution >= 4 is 23.1 Å². The number of alkyl halides is 3. The highest BCUT2D eigenvalue weighted by Gasteiger charge is 2.31. The van der Waals surface area contributed by atoms with Crippen molar-refractivity contribution in [1.29, 1.82) is 0 Å². The van der Waals surface area contributed by atoms with Crippen LogP contribution >= 0.6 is 0 Å². The van der Waals surface area contributed by atoms with Crippen molar-refractivity contribution in [2.24, 2.45) is 0 Å². The topological polar surface area (TPSA) is 105 Å². The normalized spacial score (nSPS) is 11.4. The summed E-state index contributed by atoms with van der Waals surface area (Å²) in [6.07, 6.45) is -4.86. The van der Waals surface area contributed by atoms with Gasteiger partial charge >= 0.3 is 6.36 Å². The van der Waals surface area contributed by atoms with Crippen molar-refractivity contribution in [2.45, 2.75) is 6.36 Å². The van der Waals surface area contributed by atoms with Crippen LogP contribution in [0.15, 0.2) is 48.5 Å². The molecule has 1 heterocycles. The zero-order valence-electron chi connectivity index (χ0n) is 18.1. The average Bonchev–Trinajstić information content (AvgIpc) is 2.73. The van der Waals surface area contributed by atoms with E-state index in [1.54, 1.807) is 0 Å². The molecule has 1 aromatic heterocycles. The van der Waals surface area contributed by atoms with Crippen LogP contribution in [0.3, 0.4) is 0 Å². The van der Waals surface area contributed by atoms with Gasteiger partial charge in [-0.05, 0) is 38.4 Å². The Hall–Kier alpha value is -4.00. The monoisotopic (exact) mass is 480 g/mol. The fraction of sp³-hybridized carbons (Fsp3) is 0.238. The zero-order valence-corrected chi connectivity index (χ0v) is 18.1. The van der Waals surface area contributed by atoms with E-state index in [4.69, 9.17) is 0 Å². The van der Waals surface area contributed by atoms with Gasteiger partial charge in [0.1, 0.15) is 23.1 Å². The van der Waals surface area contributed by atoms with Crippen LogP contribution in [-0.4, -0.2) is 53.3 Å². The summed E-state index contributed by atoms with van der Waals surface area (Å²) in [7, 11) is 3.73. The molecule has 0 aliphatic carbocycles. The highest BCUT2D eigenvalue weighted by molar-refractivity contribution is 5.72. The molecular formula is C21H20F4N6O3. The number of anilines is 3. The van der Waals surface area contributed by atoms with E-state index in [-0.39, 0.29) is 28.7 Å². The van der Waals surface area contributed by atoms with Crippen LogP contribution in [0.4, 0.5) is 40.7 Å². The lowest BCUT2D eigenvalue weighted by Crippen LogP contribution is -2.21. The lowest BCUT2D eigenvalue weighted by atomic mass is 10.1. The molecule has 2 N–H and O–H groups in total. The van der Waals surface area contributed by atoms with E-state index in [9.17, 15) is 27.7 Å². The summed E-state index contributed by atoms with van der Waals surface area (Å²) in [6, 6.07) is 9.60. The van der Waals surface area contributed by atoms with Crippen LogP contribution in [0.25, 0.3) is 11.3 Å². The van der Waals surface area contributed by atoms with Gasteiger partial charge in [0.25, 0.3) is 5.69 Å². The van der Waals surface area contributed by atoms with Gasteiger partial charge in [0.2, 0.25) is 5.95 Å². The maximum atomic E-state index is 13.5. The molecule has 0 spiro atoms. The van der Waals surface area contributed by atoms with Gasteiger partial charge in [0.05, 0.1) is 16.7 Å². The third-order valence-corrected chi connectivity index (χ3v) is 4.35. The van der Waals surface area contributed by atoms with Gasteiger partial charge in [-0.25, -0.2) is 9.37 Å². The summed E-state index contributed by atoms with van der Waals surface area (Å²) < 4.78 is 55.4.